The van der Waals surface area contributed by atoms with E-state index < -0.39 is 5.97 Å². The summed E-state index contributed by atoms with van der Waals surface area (Å²) in [7, 11) is 0. The summed E-state index contributed by atoms with van der Waals surface area (Å²) in [6.07, 6.45) is 5.59. The lowest BCUT2D eigenvalue weighted by Gasteiger charge is -2.22. The van der Waals surface area contributed by atoms with Gasteiger partial charge in [0.05, 0.1) is 0 Å². The molecule has 1 aromatic carbocycles. The van der Waals surface area contributed by atoms with Crippen LogP contribution < -0.4 is 4.90 Å². The number of nitrogens with zero attached hydrogens (tertiary/aromatic N) is 1. The lowest BCUT2D eigenvalue weighted by Crippen LogP contribution is -2.37. The van der Waals surface area contributed by atoms with Crippen molar-refractivity contribution < 1.29 is 14.7 Å². The van der Waals surface area contributed by atoms with Crippen LogP contribution in [-0.4, -0.2) is 23.5 Å². The number of carboxylic acids is 1. The number of carboxylic acid groups (broad SMARTS) is 1. The van der Waals surface area contributed by atoms with Gasteiger partial charge in [-0.15, -0.1) is 0 Å². The molecule has 0 radical (unpaired) electrons. The number of carbonyl (C=O) groups excluding carboxylic acids is 1. The second kappa shape index (κ2) is 4.93. The second-order valence-corrected chi connectivity index (χ2v) is 5.98. The topological polar surface area (TPSA) is 57.6 Å². The minimum atomic E-state index is -0.969. The fourth-order valence-corrected chi connectivity index (χ4v) is 3.56. The van der Waals surface area contributed by atoms with Crippen molar-refractivity contribution in [1.82, 2.24) is 0 Å². The van der Waals surface area contributed by atoms with Gasteiger partial charge >= 0.3 is 5.97 Å². The van der Waals surface area contributed by atoms with Crippen molar-refractivity contribution in [3.05, 3.63) is 30.3 Å². The molecule has 1 N–H and O–H groups in total. The zero-order valence-electron chi connectivity index (χ0n) is 11.4. The highest BCUT2D eigenvalue weighted by molar-refractivity contribution is 6.00. The Bertz CT molecular complexity index is 520. The van der Waals surface area contributed by atoms with Gasteiger partial charge in [0.1, 0.15) is 6.54 Å². The number of rotatable bonds is 4. The predicted octanol–water partition coefficient (Wildman–Crippen LogP) is 2.68. The van der Waals surface area contributed by atoms with Crippen molar-refractivity contribution in [3.8, 4) is 0 Å². The van der Waals surface area contributed by atoms with Crippen LogP contribution in [0.1, 0.15) is 32.1 Å². The summed E-state index contributed by atoms with van der Waals surface area (Å²) in [6, 6.07) is 9.11. The molecule has 2 aliphatic rings. The lowest BCUT2D eigenvalue weighted by molar-refractivity contribution is -0.136. The Hall–Kier alpha value is -1.84. The monoisotopic (exact) mass is 273 g/mol. The Labute approximate surface area is 118 Å². The van der Waals surface area contributed by atoms with E-state index in [1.165, 1.54) is 17.7 Å². The van der Waals surface area contributed by atoms with Crippen LogP contribution in [0, 0.1) is 11.3 Å². The Kier molecular flexibility index (Phi) is 3.24. The van der Waals surface area contributed by atoms with E-state index >= 15 is 0 Å². The molecular formula is C16H19NO3. The van der Waals surface area contributed by atoms with E-state index in [1.807, 2.05) is 18.2 Å². The molecule has 2 aliphatic carbocycles. The SMILES string of the molecule is O=C(O)CN(C(=O)C1CC12CCCC2)c1ccccc1. The van der Waals surface area contributed by atoms with Crippen LogP contribution in [0.3, 0.4) is 0 Å². The van der Waals surface area contributed by atoms with Crippen LogP contribution in [0.5, 0.6) is 0 Å². The molecule has 2 saturated carbocycles. The number of aliphatic carboxylic acids is 1. The second-order valence-electron chi connectivity index (χ2n) is 5.98. The molecule has 1 spiro atoms. The normalized spacial score (nSPS) is 22.7. The average molecular weight is 273 g/mol. The average Bonchev–Trinajstić information content (AvgIpc) is 2.93. The highest BCUT2D eigenvalue weighted by Gasteiger charge is 2.59. The van der Waals surface area contributed by atoms with Crippen LogP contribution in [-0.2, 0) is 9.59 Å². The molecule has 0 saturated heterocycles. The molecule has 0 bridgehead atoms. The summed E-state index contributed by atoms with van der Waals surface area (Å²) < 4.78 is 0. The number of anilines is 1. The van der Waals surface area contributed by atoms with E-state index in [1.54, 1.807) is 12.1 Å². The van der Waals surface area contributed by atoms with Crippen molar-refractivity contribution in [3.63, 3.8) is 0 Å². The Balaban J connectivity index is 1.79. The van der Waals surface area contributed by atoms with E-state index in [-0.39, 0.29) is 23.8 Å². The molecule has 0 aromatic heterocycles. The van der Waals surface area contributed by atoms with Crippen molar-refractivity contribution in [2.75, 3.05) is 11.4 Å². The number of benzene rings is 1. The van der Waals surface area contributed by atoms with E-state index in [4.69, 9.17) is 5.11 Å². The number of carbonyl (C=O) groups is 2. The van der Waals surface area contributed by atoms with Gasteiger partial charge in [0.25, 0.3) is 0 Å². The molecule has 20 heavy (non-hydrogen) atoms. The first-order valence-corrected chi connectivity index (χ1v) is 7.21. The van der Waals surface area contributed by atoms with Crippen LogP contribution in [0.15, 0.2) is 30.3 Å². The Morgan fingerprint density at radius 2 is 1.85 bits per heavy atom. The molecule has 4 heteroatoms. The predicted molar refractivity (Wildman–Crippen MR) is 75.4 cm³/mol. The molecule has 0 heterocycles. The van der Waals surface area contributed by atoms with Gasteiger partial charge in [-0.3, -0.25) is 9.59 Å². The molecule has 1 aromatic rings. The van der Waals surface area contributed by atoms with Gasteiger partial charge in [-0.1, -0.05) is 31.0 Å². The van der Waals surface area contributed by atoms with Crippen molar-refractivity contribution in [1.29, 1.82) is 0 Å². The number of hydrogen-bond acceptors (Lipinski definition) is 2. The van der Waals surface area contributed by atoms with Crippen molar-refractivity contribution in [2.45, 2.75) is 32.1 Å². The van der Waals surface area contributed by atoms with Gasteiger partial charge in [-0.25, -0.2) is 0 Å². The van der Waals surface area contributed by atoms with Crippen molar-refractivity contribution in [2.24, 2.45) is 11.3 Å². The third kappa shape index (κ3) is 2.30. The maximum Gasteiger partial charge on any atom is 0.323 e. The fraction of sp³-hybridized carbons (Fsp3) is 0.500. The molecule has 1 amide bonds. The number of amides is 1. The minimum absolute atomic E-state index is 0.0134. The van der Waals surface area contributed by atoms with Crippen molar-refractivity contribution >= 4 is 17.6 Å². The standard InChI is InChI=1S/C16H19NO3/c18-14(19)11-17(12-6-2-1-3-7-12)15(20)13-10-16(13)8-4-5-9-16/h1-3,6-7,13H,4-5,8-11H2,(H,18,19). The zero-order valence-corrected chi connectivity index (χ0v) is 11.4. The first-order chi connectivity index (χ1) is 9.62. The molecular weight excluding hydrogens is 254 g/mol. The summed E-state index contributed by atoms with van der Waals surface area (Å²) >= 11 is 0. The molecule has 0 aliphatic heterocycles. The maximum absolute atomic E-state index is 12.7. The molecule has 4 nitrogen and oxygen atoms in total. The molecule has 2 fully saturated rings. The van der Waals surface area contributed by atoms with Crippen LogP contribution >= 0.6 is 0 Å². The number of para-hydroxylation sites is 1. The number of hydrogen-bond donors (Lipinski definition) is 1. The fourth-order valence-electron chi connectivity index (χ4n) is 3.56. The largest absolute Gasteiger partial charge is 0.480 e. The lowest BCUT2D eigenvalue weighted by atomic mass is 10.0. The zero-order chi connectivity index (χ0) is 14.2. The summed E-state index contributed by atoms with van der Waals surface area (Å²) in [5.41, 5.74) is 0.878. The van der Waals surface area contributed by atoms with Gasteiger partial charge in [-0.2, -0.15) is 0 Å². The summed E-state index contributed by atoms with van der Waals surface area (Å²) in [5, 5.41) is 9.06. The van der Waals surface area contributed by atoms with E-state index in [0.29, 0.717) is 5.69 Å². The van der Waals surface area contributed by atoms with E-state index in [2.05, 4.69) is 0 Å². The quantitative estimate of drug-likeness (QED) is 0.917. The van der Waals surface area contributed by atoms with Gasteiger partial charge in [0.15, 0.2) is 0 Å². The summed E-state index contributed by atoms with van der Waals surface area (Å²) in [5.74, 6) is -0.951. The molecule has 1 unspecified atom stereocenters. The van der Waals surface area contributed by atoms with Gasteiger partial charge in [0, 0.05) is 11.6 Å². The molecule has 106 valence electrons. The Morgan fingerprint density at radius 1 is 1.20 bits per heavy atom. The van der Waals surface area contributed by atoms with Gasteiger partial charge in [-0.05, 0) is 36.8 Å². The first-order valence-electron chi connectivity index (χ1n) is 7.21. The first kappa shape index (κ1) is 13.2. The highest BCUT2D eigenvalue weighted by atomic mass is 16.4. The van der Waals surface area contributed by atoms with Crippen LogP contribution in [0.25, 0.3) is 0 Å². The van der Waals surface area contributed by atoms with E-state index in [0.717, 1.165) is 19.3 Å². The minimum Gasteiger partial charge on any atom is -0.480 e. The van der Waals surface area contributed by atoms with Gasteiger partial charge in [0.2, 0.25) is 5.91 Å². The maximum atomic E-state index is 12.7. The summed E-state index contributed by atoms with van der Waals surface area (Å²) in [6.45, 7) is -0.255. The van der Waals surface area contributed by atoms with E-state index in [9.17, 15) is 9.59 Å². The molecule has 3 rings (SSSR count). The third-order valence-corrected chi connectivity index (χ3v) is 4.71. The molecule has 1 atom stereocenters. The summed E-state index contributed by atoms with van der Waals surface area (Å²) in [4.78, 5) is 25.1. The van der Waals surface area contributed by atoms with Crippen LogP contribution in [0.4, 0.5) is 5.69 Å². The Morgan fingerprint density at radius 3 is 2.45 bits per heavy atom. The smallest absolute Gasteiger partial charge is 0.323 e. The van der Waals surface area contributed by atoms with Crippen LogP contribution in [0.2, 0.25) is 0 Å². The third-order valence-electron chi connectivity index (χ3n) is 4.71. The highest BCUT2D eigenvalue weighted by Crippen LogP contribution is 2.63. The van der Waals surface area contributed by atoms with Gasteiger partial charge < -0.3 is 10.0 Å².